The molecule has 1 amide bonds. The molecule has 36 heavy (non-hydrogen) atoms. The summed E-state index contributed by atoms with van der Waals surface area (Å²) in [7, 11) is 0. The van der Waals surface area contributed by atoms with Crippen LogP contribution in [-0.2, 0) is 21.4 Å². The Morgan fingerprint density at radius 1 is 1.00 bits per heavy atom. The summed E-state index contributed by atoms with van der Waals surface area (Å²) < 4.78 is 14.2. The molecule has 1 N–H and O–H groups in total. The van der Waals surface area contributed by atoms with Gasteiger partial charge in [0.15, 0.2) is 0 Å². The van der Waals surface area contributed by atoms with Crippen molar-refractivity contribution in [2.24, 2.45) is 0 Å². The Hall–Kier alpha value is -3.25. The molecule has 1 heterocycles. The van der Waals surface area contributed by atoms with Gasteiger partial charge in [-0.3, -0.25) is 9.59 Å². The first-order valence-corrected chi connectivity index (χ1v) is 12.7. The highest BCUT2D eigenvalue weighted by Crippen LogP contribution is 2.40. The monoisotopic (exact) mass is 549 g/mol. The van der Waals surface area contributed by atoms with E-state index >= 15 is 0 Å². The Balaban J connectivity index is 1.79. The van der Waals surface area contributed by atoms with Crippen LogP contribution >= 0.6 is 15.9 Å². The summed E-state index contributed by atoms with van der Waals surface area (Å²) in [6.45, 7) is 8.49. The highest BCUT2D eigenvalue weighted by atomic mass is 79.9. The van der Waals surface area contributed by atoms with Gasteiger partial charge < -0.3 is 10.0 Å². The summed E-state index contributed by atoms with van der Waals surface area (Å²) in [5.74, 6) is -1.89. The van der Waals surface area contributed by atoms with Gasteiger partial charge in [0, 0.05) is 16.6 Å². The fourth-order valence-electron chi connectivity index (χ4n) is 4.47. The molecule has 4 rings (SSSR count). The molecule has 186 valence electrons. The summed E-state index contributed by atoms with van der Waals surface area (Å²) in [5, 5.41) is 11.3. The third-order valence-corrected chi connectivity index (χ3v) is 7.51. The second kappa shape index (κ2) is 10.0. The molecule has 3 aromatic rings. The molecule has 1 unspecified atom stereocenters. The van der Waals surface area contributed by atoms with E-state index < -0.39 is 17.7 Å². The Kier molecular flexibility index (Phi) is 7.19. The van der Waals surface area contributed by atoms with E-state index in [-0.39, 0.29) is 29.1 Å². The van der Waals surface area contributed by atoms with E-state index in [1.54, 1.807) is 24.3 Å². The fraction of sp³-hybridized carbons (Fsp3) is 0.267. The van der Waals surface area contributed by atoms with E-state index in [0.29, 0.717) is 12.0 Å². The normalized spacial score (nSPS) is 17.6. The number of hydrogen-bond acceptors (Lipinski definition) is 3. The van der Waals surface area contributed by atoms with Gasteiger partial charge in [0.25, 0.3) is 11.7 Å². The summed E-state index contributed by atoms with van der Waals surface area (Å²) in [4.78, 5) is 28.0. The van der Waals surface area contributed by atoms with E-state index in [1.165, 1.54) is 17.0 Å². The molecule has 0 aromatic heterocycles. The van der Waals surface area contributed by atoms with Crippen LogP contribution in [0.25, 0.3) is 5.76 Å². The molecule has 1 atom stereocenters. The van der Waals surface area contributed by atoms with Crippen LogP contribution in [0.1, 0.15) is 54.6 Å². The molecule has 0 aliphatic carbocycles. The smallest absolute Gasteiger partial charge is 0.295 e. The zero-order valence-corrected chi connectivity index (χ0v) is 22.4. The molecule has 0 spiro atoms. The van der Waals surface area contributed by atoms with Gasteiger partial charge in [-0.05, 0) is 65.3 Å². The second-order valence-electron chi connectivity index (χ2n) is 10.2. The van der Waals surface area contributed by atoms with Gasteiger partial charge in [-0.15, -0.1) is 0 Å². The third kappa shape index (κ3) is 5.14. The van der Waals surface area contributed by atoms with Crippen molar-refractivity contribution in [3.63, 3.8) is 0 Å². The van der Waals surface area contributed by atoms with E-state index in [2.05, 4.69) is 36.7 Å². The standard InChI is InChI=1S/C30H29BrFNO3/c1-18-17-21(9-14-24(18)31)27(34)25-26(20-7-10-22(11-8-20)30(2,3)4)33(29(36)28(25)35)16-15-19-5-12-23(32)13-6-19/h5-14,17,26,34H,15-16H2,1-4H3/b27-25-. The number of hydrogen-bond donors (Lipinski definition) is 1. The number of halogens is 2. The number of rotatable bonds is 5. The lowest BCUT2D eigenvalue weighted by Crippen LogP contribution is -2.31. The van der Waals surface area contributed by atoms with Crippen molar-refractivity contribution in [1.29, 1.82) is 0 Å². The van der Waals surface area contributed by atoms with Crippen molar-refractivity contribution in [3.05, 3.63) is 110 Å². The zero-order chi connectivity index (χ0) is 26.2. The zero-order valence-electron chi connectivity index (χ0n) is 20.8. The Morgan fingerprint density at radius 3 is 2.22 bits per heavy atom. The second-order valence-corrected chi connectivity index (χ2v) is 11.1. The molecule has 4 nitrogen and oxygen atoms in total. The maximum absolute atomic E-state index is 13.3. The topological polar surface area (TPSA) is 57.6 Å². The molecule has 0 radical (unpaired) electrons. The number of carbonyl (C=O) groups is 2. The largest absolute Gasteiger partial charge is 0.507 e. The number of nitrogens with zero attached hydrogens (tertiary/aromatic N) is 1. The number of aliphatic hydroxyl groups is 1. The van der Waals surface area contributed by atoms with Crippen LogP contribution in [0.2, 0.25) is 0 Å². The van der Waals surface area contributed by atoms with Crippen molar-refractivity contribution in [2.45, 2.75) is 45.6 Å². The molecule has 0 bridgehead atoms. The lowest BCUT2D eigenvalue weighted by atomic mass is 9.85. The van der Waals surface area contributed by atoms with Gasteiger partial charge in [-0.25, -0.2) is 4.39 Å². The summed E-state index contributed by atoms with van der Waals surface area (Å²) in [6.07, 6.45) is 0.446. The average molecular weight is 550 g/mol. The molecule has 3 aromatic carbocycles. The number of aliphatic hydroxyl groups excluding tert-OH is 1. The Labute approximate surface area is 219 Å². The molecular weight excluding hydrogens is 521 g/mol. The summed E-state index contributed by atoms with van der Waals surface area (Å²) >= 11 is 3.46. The molecule has 0 saturated carbocycles. The first kappa shape index (κ1) is 25.8. The van der Waals surface area contributed by atoms with Crippen molar-refractivity contribution in [1.82, 2.24) is 4.90 Å². The fourth-order valence-corrected chi connectivity index (χ4v) is 4.72. The average Bonchev–Trinajstić information content (AvgIpc) is 3.09. The van der Waals surface area contributed by atoms with Crippen LogP contribution in [0.3, 0.4) is 0 Å². The molecule has 1 aliphatic heterocycles. The van der Waals surface area contributed by atoms with Gasteiger partial charge in [-0.2, -0.15) is 0 Å². The van der Waals surface area contributed by atoms with Crippen LogP contribution in [0.15, 0.2) is 76.8 Å². The van der Waals surface area contributed by atoms with Crippen molar-refractivity contribution in [2.75, 3.05) is 6.54 Å². The van der Waals surface area contributed by atoms with Crippen molar-refractivity contribution >= 4 is 33.4 Å². The van der Waals surface area contributed by atoms with Crippen LogP contribution in [-0.4, -0.2) is 28.2 Å². The minimum absolute atomic E-state index is 0.0577. The van der Waals surface area contributed by atoms with Crippen LogP contribution in [0, 0.1) is 12.7 Å². The van der Waals surface area contributed by atoms with Gasteiger partial charge in [-0.1, -0.05) is 79.2 Å². The van der Waals surface area contributed by atoms with E-state index in [9.17, 15) is 19.1 Å². The maximum Gasteiger partial charge on any atom is 0.295 e. The number of aryl methyl sites for hydroxylation is 1. The van der Waals surface area contributed by atoms with Crippen molar-refractivity contribution < 1.29 is 19.1 Å². The first-order valence-electron chi connectivity index (χ1n) is 11.9. The highest BCUT2D eigenvalue weighted by molar-refractivity contribution is 9.10. The summed E-state index contributed by atoms with van der Waals surface area (Å²) in [6, 6.07) is 18.5. The van der Waals surface area contributed by atoms with Crippen molar-refractivity contribution in [3.8, 4) is 0 Å². The third-order valence-electron chi connectivity index (χ3n) is 6.62. The minimum atomic E-state index is -0.733. The predicted octanol–water partition coefficient (Wildman–Crippen LogP) is 6.86. The Morgan fingerprint density at radius 2 is 1.64 bits per heavy atom. The molecule has 1 saturated heterocycles. The number of carbonyl (C=O) groups excluding carboxylic acids is 2. The van der Waals surface area contributed by atoms with Crippen LogP contribution in [0.5, 0.6) is 0 Å². The Bertz CT molecular complexity index is 1340. The van der Waals surface area contributed by atoms with Gasteiger partial charge >= 0.3 is 0 Å². The molecule has 1 aliphatic rings. The van der Waals surface area contributed by atoms with Gasteiger partial charge in [0.1, 0.15) is 11.6 Å². The quantitative estimate of drug-likeness (QED) is 0.215. The maximum atomic E-state index is 13.3. The lowest BCUT2D eigenvalue weighted by Gasteiger charge is -2.26. The number of amides is 1. The lowest BCUT2D eigenvalue weighted by molar-refractivity contribution is -0.139. The SMILES string of the molecule is Cc1cc(/C(O)=C2/C(=O)C(=O)N(CCc3ccc(F)cc3)C2c2ccc(C(C)(C)C)cc2)ccc1Br. The number of Topliss-reactive ketones (excluding diaryl/α,β-unsaturated/α-hetero) is 1. The number of ketones is 1. The predicted molar refractivity (Wildman–Crippen MR) is 143 cm³/mol. The minimum Gasteiger partial charge on any atom is -0.507 e. The highest BCUT2D eigenvalue weighted by Gasteiger charge is 2.45. The molecule has 6 heteroatoms. The summed E-state index contributed by atoms with van der Waals surface area (Å²) in [5.41, 5.74) is 4.11. The molecular formula is C30H29BrFNO3. The first-order chi connectivity index (χ1) is 17.0. The van der Waals surface area contributed by atoms with E-state index in [0.717, 1.165) is 26.7 Å². The number of likely N-dealkylation sites (tertiary alicyclic amines) is 1. The number of benzene rings is 3. The van der Waals surface area contributed by atoms with E-state index in [1.807, 2.05) is 37.3 Å². The van der Waals surface area contributed by atoms with E-state index in [4.69, 9.17) is 0 Å². The van der Waals surface area contributed by atoms with Gasteiger partial charge in [0.2, 0.25) is 0 Å². The van der Waals surface area contributed by atoms with Crippen LogP contribution in [0.4, 0.5) is 4.39 Å². The molecule has 1 fully saturated rings. The van der Waals surface area contributed by atoms with Gasteiger partial charge in [0.05, 0.1) is 11.6 Å². The van der Waals surface area contributed by atoms with Crippen LogP contribution < -0.4 is 0 Å².